The van der Waals surface area contributed by atoms with Crippen molar-refractivity contribution in [2.24, 2.45) is 5.73 Å². The molecule has 0 aliphatic rings. The molecule has 0 aliphatic carbocycles. The molecule has 0 fully saturated rings. The van der Waals surface area contributed by atoms with Gasteiger partial charge < -0.3 is 10.5 Å². The second kappa shape index (κ2) is 6.73. The molecule has 0 aliphatic heterocycles. The van der Waals surface area contributed by atoms with E-state index in [1.54, 1.807) is 12.4 Å². The molecular weight excluding hydrogens is 272 g/mol. The summed E-state index contributed by atoms with van der Waals surface area (Å²) in [6.07, 6.45) is 4.13. The fraction of sp³-hybridized carbons (Fsp3) is 0.312. The van der Waals surface area contributed by atoms with Crippen molar-refractivity contribution in [3.63, 3.8) is 0 Å². The predicted octanol–water partition coefficient (Wildman–Crippen LogP) is 3.51. The smallest absolute Gasteiger partial charge is 0.125 e. The Morgan fingerprint density at radius 3 is 2.80 bits per heavy atom. The lowest BCUT2D eigenvalue weighted by atomic mass is 10.0. The van der Waals surface area contributed by atoms with Crippen LogP contribution in [0.5, 0.6) is 5.75 Å². The summed E-state index contributed by atoms with van der Waals surface area (Å²) >= 11 is 6.09. The molecule has 3 nitrogen and oxygen atoms in total. The van der Waals surface area contributed by atoms with Crippen molar-refractivity contribution in [3.05, 3.63) is 58.4 Å². The summed E-state index contributed by atoms with van der Waals surface area (Å²) in [5.41, 5.74) is 9.05. The van der Waals surface area contributed by atoms with Crippen molar-refractivity contribution in [1.29, 1.82) is 0 Å². The molecule has 0 amide bonds. The van der Waals surface area contributed by atoms with Crippen molar-refractivity contribution in [1.82, 2.24) is 4.98 Å². The number of aryl methyl sites for hydroxylation is 1. The maximum atomic E-state index is 6.09. The fourth-order valence-electron chi connectivity index (χ4n) is 2.10. The molecule has 4 heteroatoms. The molecule has 1 heterocycles. The average molecular weight is 291 g/mol. The second-order valence-corrected chi connectivity index (χ2v) is 5.41. The SMILES string of the molecule is Cc1cccc(CC(C)N)c1OCc1ccncc1Cl. The highest BCUT2D eigenvalue weighted by Gasteiger charge is 2.10. The fourth-order valence-corrected chi connectivity index (χ4v) is 2.27. The van der Waals surface area contributed by atoms with Crippen LogP contribution in [0.1, 0.15) is 23.6 Å². The summed E-state index contributed by atoms with van der Waals surface area (Å²) in [6.45, 7) is 4.46. The van der Waals surface area contributed by atoms with Gasteiger partial charge in [0.25, 0.3) is 0 Å². The second-order valence-electron chi connectivity index (χ2n) is 5.00. The molecule has 106 valence electrons. The van der Waals surface area contributed by atoms with Gasteiger partial charge in [0, 0.05) is 24.0 Å². The number of hydrogen-bond donors (Lipinski definition) is 1. The largest absolute Gasteiger partial charge is 0.488 e. The van der Waals surface area contributed by atoms with E-state index < -0.39 is 0 Å². The third kappa shape index (κ3) is 3.71. The minimum atomic E-state index is 0.101. The Balaban J connectivity index is 2.18. The highest BCUT2D eigenvalue weighted by molar-refractivity contribution is 6.31. The van der Waals surface area contributed by atoms with Gasteiger partial charge >= 0.3 is 0 Å². The van der Waals surface area contributed by atoms with Gasteiger partial charge in [-0.3, -0.25) is 4.98 Å². The van der Waals surface area contributed by atoms with Crippen molar-refractivity contribution in [2.75, 3.05) is 0 Å². The van der Waals surface area contributed by atoms with Crippen LogP contribution in [-0.4, -0.2) is 11.0 Å². The van der Waals surface area contributed by atoms with Crippen molar-refractivity contribution >= 4 is 11.6 Å². The summed E-state index contributed by atoms with van der Waals surface area (Å²) in [4.78, 5) is 3.97. The Hall–Kier alpha value is -1.58. The van der Waals surface area contributed by atoms with Gasteiger partial charge in [0.15, 0.2) is 0 Å². The van der Waals surface area contributed by atoms with Gasteiger partial charge in [-0.15, -0.1) is 0 Å². The molecule has 0 radical (unpaired) electrons. The van der Waals surface area contributed by atoms with Crippen LogP contribution in [0, 0.1) is 6.92 Å². The van der Waals surface area contributed by atoms with Crippen LogP contribution in [0.15, 0.2) is 36.7 Å². The zero-order chi connectivity index (χ0) is 14.5. The van der Waals surface area contributed by atoms with E-state index in [4.69, 9.17) is 22.1 Å². The number of ether oxygens (including phenoxy) is 1. The van der Waals surface area contributed by atoms with Gasteiger partial charge in [-0.25, -0.2) is 0 Å². The van der Waals surface area contributed by atoms with Crippen molar-refractivity contribution in [3.8, 4) is 5.75 Å². The molecule has 1 atom stereocenters. The number of hydrogen-bond acceptors (Lipinski definition) is 3. The van der Waals surface area contributed by atoms with Crippen LogP contribution in [0.25, 0.3) is 0 Å². The molecular formula is C16H19ClN2O. The number of halogens is 1. The number of pyridine rings is 1. The van der Waals surface area contributed by atoms with E-state index in [1.807, 2.05) is 32.0 Å². The number of nitrogens with zero attached hydrogens (tertiary/aromatic N) is 1. The van der Waals surface area contributed by atoms with Crippen molar-refractivity contribution < 1.29 is 4.74 Å². The van der Waals surface area contributed by atoms with Crippen LogP contribution in [0.2, 0.25) is 5.02 Å². The molecule has 20 heavy (non-hydrogen) atoms. The molecule has 0 saturated heterocycles. The summed E-state index contributed by atoms with van der Waals surface area (Å²) in [5.74, 6) is 0.901. The van der Waals surface area contributed by atoms with Crippen LogP contribution >= 0.6 is 11.6 Å². The van der Waals surface area contributed by atoms with Gasteiger partial charge in [0.05, 0.1) is 5.02 Å². The predicted molar refractivity (Wildman–Crippen MR) is 82.1 cm³/mol. The average Bonchev–Trinajstić information content (AvgIpc) is 2.39. The third-order valence-corrected chi connectivity index (χ3v) is 3.40. The van der Waals surface area contributed by atoms with Crippen molar-refractivity contribution in [2.45, 2.75) is 32.9 Å². The first-order chi connectivity index (χ1) is 9.58. The van der Waals surface area contributed by atoms with Gasteiger partial charge in [0.1, 0.15) is 12.4 Å². The maximum Gasteiger partial charge on any atom is 0.125 e. The zero-order valence-electron chi connectivity index (χ0n) is 11.8. The van der Waals surface area contributed by atoms with Crippen LogP contribution < -0.4 is 10.5 Å². The Bertz CT molecular complexity index is 584. The maximum absolute atomic E-state index is 6.09. The lowest BCUT2D eigenvalue weighted by molar-refractivity contribution is 0.300. The topological polar surface area (TPSA) is 48.1 Å². The van der Waals surface area contributed by atoms with E-state index >= 15 is 0 Å². The summed E-state index contributed by atoms with van der Waals surface area (Å²) < 4.78 is 5.97. The molecule has 1 unspecified atom stereocenters. The monoisotopic (exact) mass is 290 g/mol. The normalized spacial score (nSPS) is 12.2. The van der Waals surface area contributed by atoms with E-state index in [1.165, 1.54) is 0 Å². The molecule has 2 N–H and O–H groups in total. The first-order valence-electron chi connectivity index (χ1n) is 6.63. The van der Waals surface area contributed by atoms with Gasteiger partial charge in [-0.2, -0.15) is 0 Å². The Labute approximate surface area is 124 Å². The molecule has 2 aromatic rings. The molecule has 1 aromatic heterocycles. The number of para-hydroxylation sites is 1. The summed E-state index contributed by atoms with van der Waals surface area (Å²) in [6, 6.07) is 8.09. The quantitative estimate of drug-likeness (QED) is 0.916. The van der Waals surface area contributed by atoms with Gasteiger partial charge in [0.2, 0.25) is 0 Å². The number of nitrogens with two attached hydrogens (primary N) is 1. The number of benzene rings is 1. The lowest BCUT2D eigenvalue weighted by Crippen LogP contribution is -2.18. The molecule has 0 saturated carbocycles. The Morgan fingerprint density at radius 2 is 2.10 bits per heavy atom. The lowest BCUT2D eigenvalue weighted by Gasteiger charge is -2.16. The van der Waals surface area contributed by atoms with E-state index in [0.717, 1.165) is 28.9 Å². The Kier molecular flexibility index (Phi) is 4.99. The standard InChI is InChI=1S/C16H19ClN2O/c1-11-4-3-5-13(8-12(2)18)16(11)20-10-14-6-7-19-9-15(14)17/h3-7,9,12H,8,10,18H2,1-2H3. The van der Waals surface area contributed by atoms with Gasteiger partial charge in [-0.05, 0) is 37.5 Å². The highest BCUT2D eigenvalue weighted by atomic mass is 35.5. The van der Waals surface area contributed by atoms with Crippen LogP contribution in [-0.2, 0) is 13.0 Å². The molecule has 0 bridgehead atoms. The number of aromatic nitrogens is 1. The molecule has 1 aromatic carbocycles. The third-order valence-electron chi connectivity index (χ3n) is 3.06. The van der Waals surface area contributed by atoms with Crippen LogP contribution in [0.3, 0.4) is 0 Å². The first kappa shape index (κ1) is 14.8. The Morgan fingerprint density at radius 1 is 1.30 bits per heavy atom. The molecule has 2 rings (SSSR count). The summed E-state index contributed by atoms with van der Waals surface area (Å²) in [7, 11) is 0. The van der Waals surface area contributed by atoms with Gasteiger partial charge in [-0.1, -0.05) is 29.8 Å². The zero-order valence-corrected chi connectivity index (χ0v) is 12.5. The van der Waals surface area contributed by atoms with E-state index in [2.05, 4.69) is 11.1 Å². The minimum Gasteiger partial charge on any atom is -0.488 e. The summed E-state index contributed by atoms with van der Waals surface area (Å²) in [5, 5.41) is 0.620. The van der Waals surface area contributed by atoms with E-state index in [-0.39, 0.29) is 6.04 Å². The molecule has 0 spiro atoms. The first-order valence-corrected chi connectivity index (χ1v) is 7.01. The number of rotatable bonds is 5. The van der Waals surface area contributed by atoms with Crippen LogP contribution in [0.4, 0.5) is 0 Å². The van der Waals surface area contributed by atoms with E-state index in [0.29, 0.717) is 11.6 Å². The minimum absolute atomic E-state index is 0.101. The van der Waals surface area contributed by atoms with E-state index in [9.17, 15) is 0 Å². The highest BCUT2D eigenvalue weighted by Crippen LogP contribution is 2.26.